The van der Waals surface area contributed by atoms with E-state index in [2.05, 4.69) is 45.7 Å². The van der Waals surface area contributed by atoms with Gasteiger partial charge in [-0.3, -0.25) is 4.79 Å². The number of amides is 1. The van der Waals surface area contributed by atoms with Crippen LogP contribution in [0.5, 0.6) is 0 Å². The number of nitrogens with one attached hydrogen (secondary N) is 1. The van der Waals surface area contributed by atoms with Gasteiger partial charge < -0.3 is 15.2 Å². The molecule has 0 aliphatic heterocycles. The van der Waals surface area contributed by atoms with Crippen molar-refractivity contribution >= 4 is 23.7 Å². The SMILES string of the molecule is C=CC.CC1(C)C(c2ccc(C(=O)O)cc2)=CCC2(C)C1CCC1(C)C3CCC4(C(=O)NC(C=O)c5ccccc5)CCCC4C3CCC12. The summed E-state index contributed by atoms with van der Waals surface area (Å²) in [4.78, 5) is 37.8. The van der Waals surface area contributed by atoms with Gasteiger partial charge in [-0.15, -0.1) is 6.58 Å². The van der Waals surface area contributed by atoms with Gasteiger partial charge >= 0.3 is 5.97 Å². The van der Waals surface area contributed by atoms with E-state index in [0.29, 0.717) is 35.2 Å². The van der Waals surface area contributed by atoms with Gasteiger partial charge in [0, 0.05) is 0 Å². The average Bonchev–Trinajstić information content (AvgIpc) is 3.54. The molecule has 9 unspecified atom stereocenters. The van der Waals surface area contributed by atoms with Crippen LogP contribution in [0.4, 0.5) is 0 Å². The molecule has 0 aromatic heterocycles. The molecule has 0 saturated heterocycles. The minimum absolute atomic E-state index is 0.00491. The largest absolute Gasteiger partial charge is 0.478 e. The number of carboxylic acids is 1. The number of hydrogen-bond donors (Lipinski definition) is 2. The molecule has 1 amide bonds. The van der Waals surface area contributed by atoms with Gasteiger partial charge in [-0.2, -0.15) is 0 Å². The third kappa shape index (κ3) is 5.73. The van der Waals surface area contributed by atoms with E-state index in [1.807, 2.05) is 49.4 Å². The molecule has 5 aliphatic carbocycles. The maximum Gasteiger partial charge on any atom is 0.335 e. The van der Waals surface area contributed by atoms with Crippen molar-refractivity contribution in [1.82, 2.24) is 5.32 Å². The summed E-state index contributed by atoms with van der Waals surface area (Å²) in [5.74, 6) is 2.06. The number of aldehydes is 1. The van der Waals surface area contributed by atoms with Crippen molar-refractivity contribution in [3.05, 3.63) is 90.0 Å². The highest BCUT2D eigenvalue weighted by atomic mass is 16.4. The lowest BCUT2D eigenvalue weighted by atomic mass is 9.36. The summed E-state index contributed by atoms with van der Waals surface area (Å²) < 4.78 is 0. The van der Waals surface area contributed by atoms with Crippen molar-refractivity contribution in [3.63, 3.8) is 0 Å². The second kappa shape index (κ2) is 13.3. The van der Waals surface area contributed by atoms with Crippen molar-refractivity contribution in [2.45, 2.75) is 105 Å². The highest BCUT2D eigenvalue weighted by Crippen LogP contribution is 2.73. The summed E-state index contributed by atoms with van der Waals surface area (Å²) in [6, 6.07) is 16.6. The van der Waals surface area contributed by atoms with Gasteiger partial charge in [0.2, 0.25) is 5.91 Å². The lowest BCUT2D eigenvalue weighted by Gasteiger charge is -2.68. The van der Waals surface area contributed by atoms with Crippen LogP contribution < -0.4 is 5.32 Å². The fourth-order valence-electron chi connectivity index (χ4n) is 12.6. The first-order valence-corrected chi connectivity index (χ1v) is 18.8. The normalized spacial score (nSPS) is 36.1. The molecule has 4 saturated carbocycles. The molecule has 4 fully saturated rings. The van der Waals surface area contributed by atoms with Crippen LogP contribution >= 0.6 is 0 Å². The zero-order valence-corrected chi connectivity index (χ0v) is 30.3. The maximum absolute atomic E-state index is 14.2. The Morgan fingerprint density at radius 1 is 0.857 bits per heavy atom. The molecular weight excluding hydrogens is 606 g/mol. The highest BCUT2D eigenvalue weighted by molar-refractivity contribution is 5.88. The number of rotatable bonds is 6. The Morgan fingerprint density at radius 2 is 1.55 bits per heavy atom. The van der Waals surface area contributed by atoms with E-state index in [0.717, 1.165) is 55.9 Å². The molecule has 49 heavy (non-hydrogen) atoms. The Morgan fingerprint density at radius 3 is 2.20 bits per heavy atom. The van der Waals surface area contributed by atoms with Gasteiger partial charge in [0.15, 0.2) is 0 Å². The zero-order chi connectivity index (χ0) is 35.2. The van der Waals surface area contributed by atoms with E-state index in [1.165, 1.54) is 31.3 Å². The molecule has 5 nitrogen and oxygen atoms in total. The fraction of sp³-hybridized carbons (Fsp3) is 0.568. The van der Waals surface area contributed by atoms with Crippen molar-refractivity contribution in [2.75, 3.05) is 0 Å². The van der Waals surface area contributed by atoms with E-state index >= 15 is 0 Å². The van der Waals surface area contributed by atoms with Gasteiger partial charge in [0.25, 0.3) is 0 Å². The Hall–Kier alpha value is -3.47. The minimum Gasteiger partial charge on any atom is -0.478 e. The van der Waals surface area contributed by atoms with E-state index in [4.69, 9.17) is 0 Å². The van der Waals surface area contributed by atoms with Gasteiger partial charge in [-0.1, -0.05) is 88.7 Å². The number of carbonyl (C=O) groups is 3. The maximum atomic E-state index is 14.2. The van der Waals surface area contributed by atoms with Crippen LogP contribution in [0.1, 0.15) is 126 Å². The molecule has 0 spiro atoms. The van der Waals surface area contributed by atoms with Crippen LogP contribution in [0.15, 0.2) is 73.3 Å². The summed E-state index contributed by atoms with van der Waals surface area (Å²) in [5.41, 5.74) is 3.84. The molecule has 2 N–H and O–H groups in total. The molecular formula is C44H57NO4. The number of allylic oxidation sites excluding steroid dienone is 3. The number of fused-ring (bicyclic) bond motifs is 7. The van der Waals surface area contributed by atoms with Gasteiger partial charge in [0.05, 0.1) is 11.0 Å². The average molecular weight is 664 g/mol. The van der Waals surface area contributed by atoms with Crippen LogP contribution in [0.25, 0.3) is 5.57 Å². The lowest BCUT2D eigenvalue weighted by Crippen LogP contribution is -2.62. The van der Waals surface area contributed by atoms with Crippen LogP contribution in [-0.4, -0.2) is 23.3 Å². The van der Waals surface area contributed by atoms with Crippen LogP contribution in [0, 0.1) is 51.2 Å². The second-order valence-corrected chi connectivity index (χ2v) is 17.0. The third-order valence-corrected chi connectivity index (χ3v) is 14.6. The van der Waals surface area contributed by atoms with E-state index in [9.17, 15) is 19.5 Å². The first-order valence-electron chi connectivity index (χ1n) is 18.8. The molecule has 2 aromatic rings. The Balaban J connectivity index is 0.00000134. The van der Waals surface area contributed by atoms with E-state index in [1.54, 1.807) is 18.2 Å². The standard InChI is InChI=1S/C41H51NO4.C3H6/c1-38(2)30(26-12-14-28(15-13-26)36(44)45)18-22-40(4)34(38)20-23-39(3)31-19-24-41(21-8-11-32(41)29(31)16-17-35(39)40)37(46)42-33(25-43)27-9-6-5-7-10-27;1-3-2/h5-7,9-10,12-15,18,25,29,31-35H,8,11,16-17,19-24H2,1-4H3,(H,42,46)(H,44,45);3H,1H2,2H3. The summed E-state index contributed by atoms with van der Waals surface area (Å²) in [5, 5.41) is 12.6. The predicted molar refractivity (Wildman–Crippen MR) is 197 cm³/mol. The number of carbonyl (C=O) groups excluding carboxylic acids is 2. The quantitative estimate of drug-likeness (QED) is 0.238. The lowest BCUT2D eigenvalue weighted by molar-refractivity contribution is -0.181. The van der Waals surface area contributed by atoms with Crippen molar-refractivity contribution in [2.24, 2.45) is 51.2 Å². The summed E-state index contributed by atoms with van der Waals surface area (Å²) in [6.07, 6.45) is 16.3. The van der Waals surface area contributed by atoms with E-state index < -0.39 is 12.0 Å². The molecule has 5 aliphatic rings. The van der Waals surface area contributed by atoms with Crippen molar-refractivity contribution in [1.29, 1.82) is 0 Å². The van der Waals surface area contributed by atoms with Crippen LogP contribution in [-0.2, 0) is 9.59 Å². The number of carboxylic acid groups (broad SMARTS) is 1. The number of aromatic carboxylic acids is 1. The van der Waals surface area contributed by atoms with Crippen LogP contribution in [0.2, 0.25) is 0 Å². The smallest absolute Gasteiger partial charge is 0.335 e. The molecule has 0 bridgehead atoms. The van der Waals surface area contributed by atoms with Crippen LogP contribution in [0.3, 0.4) is 0 Å². The molecule has 0 heterocycles. The topological polar surface area (TPSA) is 83.5 Å². The minimum atomic E-state index is -0.881. The first-order chi connectivity index (χ1) is 23.4. The monoisotopic (exact) mass is 663 g/mol. The first kappa shape index (κ1) is 35.4. The van der Waals surface area contributed by atoms with Crippen molar-refractivity contribution in [3.8, 4) is 0 Å². The molecule has 262 valence electrons. The Kier molecular flexibility index (Phi) is 9.63. The third-order valence-electron chi connectivity index (χ3n) is 14.6. The summed E-state index contributed by atoms with van der Waals surface area (Å²) in [7, 11) is 0. The number of hydrogen-bond acceptors (Lipinski definition) is 3. The summed E-state index contributed by atoms with van der Waals surface area (Å²) in [6.45, 7) is 15.3. The zero-order valence-electron chi connectivity index (χ0n) is 30.3. The molecule has 7 rings (SSSR count). The Bertz CT molecular complexity index is 1590. The van der Waals surface area contributed by atoms with Gasteiger partial charge in [-0.05, 0) is 139 Å². The Labute approximate surface area is 294 Å². The van der Waals surface area contributed by atoms with E-state index in [-0.39, 0.29) is 27.6 Å². The predicted octanol–water partition coefficient (Wildman–Crippen LogP) is 10.1. The van der Waals surface area contributed by atoms with Gasteiger partial charge in [0.1, 0.15) is 12.3 Å². The van der Waals surface area contributed by atoms with Gasteiger partial charge in [-0.25, -0.2) is 4.79 Å². The molecule has 0 radical (unpaired) electrons. The highest BCUT2D eigenvalue weighted by Gasteiger charge is 2.66. The molecule has 9 atom stereocenters. The molecule has 5 heteroatoms. The summed E-state index contributed by atoms with van der Waals surface area (Å²) >= 11 is 0. The number of benzene rings is 2. The van der Waals surface area contributed by atoms with Crippen molar-refractivity contribution < 1.29 is 19.5 Å². The fourth-order valence-corrected chi connectivity index (χ4v) is 12.6. The molecule has 2 aromatic carbocycles. The second-order valence-electron chi connectivity index (χ2n) is 17.0.